The molecule has 0 spiro atoms. The van der Waals surface area contributed by atoms with E-state index in [4.69, 9.17) is 15.4 Å². The third-order valence-electron chi connectivity index (χ3n) is 3.47. The fraction of sp³-hybridized carbons (Fsp3) is 0.583. The highest BCUT2D eigenvalue weighted by Gasteiger charge is 2.44. The van der Waals surface area contributed by atoms with Crippen LogP contribution in [0.4, 0.5) is 10.2 Å². The summed E-state index contributed by atoms with van der Waals surface area (Å²) < 4.78 is 18.9. The lowest BCUT2D eigenvalue weighted by Crippen LogP contribution is -2.33. The molecule has 1 fully saturated rings. The molecule has 2 unspecified atom stereocenters. The normalized spacial score (nSPS) is 27.8. The maximum atomic E-state index is 11.9. The number of aliphatic hydroxyl groups is 2. The molecule has 10 nitrogen and oxygen atoms in total. The van der Waals surface area contributed by atoms with Crippen LogP contribution in [0.15, 0.2) is 12.7 Å². The van der Waals surface area contributed by atoms with Gasteiger partial charge in [-0.05, 0) is 0 Å². The molecule has 0 aliphatic carbocycles. The van der Waals surface area contributed by atoms with Gasteiger partial charge in [0.15, 0.2) is 17.7 Å². The third kappa shape index (κ3) is 2.96. The second-order valence-electron chi connectivity index (χ2n) is 4.92. The van der Waals surface area contributed by atoms with Gasteiger partial charge >= 0.3 is 0 Å². The number of hydrogen-bond acceptors (Lipinski definition) is 9. The van der Waals surface area contributed by atoms with E-state index in [-0.39, 0.29) is 19.0 Å². The predicted octanol–water partition coefficient (Wildman–Crippen LogP) is -1.05. The number of fused-ring (bicyclic) bond motifs is 1. The largest absolute Gasteiger partial charge is 0.387 e. The Hall–Kier alpha value is -1.92. The number of nitrogens with zero attached hydrogens (tertiary/aromatic N) is 4. The van der Waals surface area contributed by atoms with E-state index in [1.165, 1.54) is 17.2 Å². The van der Waals surface area contributed by atoms with Crippen molar-refractivity contribution in [3.8, 4) is 0 Å². The van der Waals surface area contributed by atoms with Crippen molar-refractivity contribution in [1.29, 1.82) is 0 Å². The number of nitrogen functional groups attached to an aromatic ring is 1. The number of nitrogens with two attached hydrogens (primary N) is 1. The number of hydrogen-bond donors (Lipinski definition) is 3. The number of aliphatic hydroxyl groups excluding tert-OH is 2. The number of imidazole rings is 1. The molecular weight excluding hydrogens is 313 g/mol. The lowest BCUT2D eigenvalue weighted by molar-refractivity contribution is -0.310. The highest BCUT2D eigenvalue weighted by Crippen LogP contribution is 2.32. The van der Waals surface area contributed by atoms with Crippen LogP contribution in [0, 0.1) is 0 Å². The van der Waals surface area contributed by atoms with Crippen molar-refractivity contribution in [3.63, 3.8) is 0 Å². The van der Waals surface area contributed by atoms with Crippen molar-refractivity contribution < 1.29 is 29.1 Å². The summed E-state index contributed by atoms with van der Waals surface area (Å²) >= 11 is 0. The minimum Gasteiger partial charge on any atom is -0.387 e. The number of rotatable bonds is 6. The smallest absolute Gasteiger partial charge is 0.167 e. The third-order valence-corrected chi connectivity index (χ3v) is 3.47. The van der Waals surface area contributed by atoms with E-state index in [9.17, 15) is 14.6 Å². The van der Waals surface area contributed by atoms with Crippen LogP contribution in [0.3, 0.4) is 0 Å². The predicted molar refractivity (Wildman–Crippen MR) is 73.5 cm³/mol. The van der Waals surface area contributed by atoms with E-state index < -0.39 is 31.2 Å². The van der Waals surface area contributed by atoms with E-state index in [1.54, 1.807) is 0 Å². The molecule has 4 atom stereocenters. The van der Waals surface area contributed by atoms with E-state index in [2.05, 4.69) is 19.8 Å². The van der Waals surface area contributed by atoms with E-state index in [0.29, 0.717) is 11.2 Å². The molecule has 1 aliphatic rings. The molecule has 11 heteroatoms. The second kappa shape index (κ2) is 6.68. The quantitative estimate of drug-likeness (QED) is 0.344. The van der Waals surface area contributed by atoms with Crippen LogP contribution in [0.1, 0.15) is 6.23 Å². The fourth-order valence-electron chi connectivity index (χ4n) is 2.36. The van der Waals surface area contributed by atoms with E-state index in [0.717, 1.165) is 0 Å². The SMILES string of the molecule is Nc1ncnc2c1ncn2[C@@H]1O[C@H](COOCCF)C(O)C1O. The first kappa shape index (κ1) is 16.0. The van der Waals surface area contributed by atoms with Crippen LogP contribution in [-0.4, -0.2) is 67.9 Å². The van der Waals surface area contributed by atoms with Gasteiger partial charge in [0, 0.05) is 0 Å². The molecule has 0 bridgehead atoms. The van der Waals surface area contributed by atoms with Gasteiger partial charge in [-0.2, -0.15) is 0 Å². The van der Waals surface area contributed by atoms with Gasteiger partial charge < -0.3 is 20.7 Å². The number of halogens is 1. The van der Waals surface area contributed by atoms with Gasteiger partial charge in [0.1, 0.15) is 50.0 Å². The average molecular weight is 329 g/mol. The molecule has 126 valence electrons. The van der Waals surface area contributed by atoms with Crippen molar-refractivity contribution in [2.45, 2.75) is 24.5 Å². The average Bonchev–Trinajstić information content (AvgIpc) is 3.09. The molecule has 0 radical (unpaired) electrons. The zero-order valence-corrected chi connectivity index (χ0v) is 11.9. The molecule has 3 heterocycles. The van der Waals surface area contributed by atoms with Gasteiger partial charge in [-0.15, -0.1) is 0 Å². The van der Waals surface area contributed by atoms with Crippen molar-refractivity contribution >= 4 is 17.0 Å². The summed E-state index contributed by atoms with van der Waals surface area (Å²) in [6.45, 7) is -1.09. The molecule has 3 rings (SSSR count). The summed E-state index contributed by atoms with van der Waals surface area (Å²) in [4.78, 5) is 21.2. The van der Waals surface area contributed by atoms with Gasteiger partial charge in [-0.3, -0.25) is 4.57 Å². The van der Waals surface area contributed by atoms with Crippen LogP contribution in [-0.2, 0) is 14.5 Å². The Morgan fingerprint density at radius 2 is 2.09 bits per heavy atom. The number of ether oxygens (including phenoxy) is 1. The first-order valence-corrected chi connectivity index (χ1v) is 6.88. The summed E-state index contributed by atoms with van der Waals surface area (Å²) in [5.41, 5.74) is 6.43. The van der Waals surface area contributed by atoms with Gasteiger partial charge in [-0.1, -0.05) is 0 Å². The molecule has 4 N–H and O–H groups in total. The topological polar surface area (TPSA) is 138 Å². The Bertz CT molecular complexity index is 670. The minimum atomic E-state index is -1.24. The van der Waals surface area contributed by atoms with Crippen LogP contribution < -0.4 is 5.73 Å². The standard InChI is InChI=1S/C12H16FN5O5/c13-1-2-21-22-3-6-8(19)9(20)12(23-6)18-5-17-7-10(14)15-4-16-11(7)18/h4-6,8-9,12,19-20H,1-3H2,(H2,14,15,16)/t6-,8?,9?,12-/m1/s1. The van der Waals surface area contributed by atoms with Crippen LogP contribution in [0.5, 0.6) is 0 Å². The number of aromatic nitrogens is 4. The highest BCUT2D eigenvalue weighted by molar-refractivity contribution is 5.81. The van der Waals surface area contributed by atoms with E-state index >= 15 is 0 Å². The molecule has 2 aromatic rings. The monoisotopic (exact) mass is 329 g/mol. The molecule has 1 saturated heterocycles. The van der Waals surface area contributed by atoms with E-state index in [1.807, 2.05) is 0 Å². The summed E-state index contributed by atoms with van der Waals surface area (Å²) in [5, 5.41) is 20.2. The Balaban J connectivity index is 1.76. The molecular formula is C12H16FN5O5. The number of alkyl halides is 1. The molecule has 0 aromatic carbocycles. The fourth-order valence-corrected chi connectivity index (χ4v) is 2.36. The Morgan fingerprint density at radius 1 is 1.26 bits per heavy atom. The molecule has 0 amide bonds. The van der Waals surface area contributed by atoms with Gasteiger partial charge in [-0.25, -0.2) is 29.1 Å². The molecule has 2 aromatic heterocycles. The van der Waals surface area contributed by atoms with Gasteiger partial charge in [0.25, 0.3) is 0 Å². The number of anilines is 1. The summed E-state index contributed by atoms with van der Waals surface area (Å²) in [6.07, 6.45) is -1.59. The summed E-state index contributed by atoms with van der Waals surface area (Å²) in [7, 11) is 0. The first-order chi connectivity index (χ1) is 11.1. The maximum absolute atomic E-state index is 11.9. The lowest BCUT2D eigenvalue weighted by Gasteiger charge is -2.16. The van der Waals surface area contributed by atoms with Crippen molar-refractivity contribution in [3.05, 3.63) is 12.7 Å². The van der Waals surface area contributed by atoms with Crippen LogP contribution >= 0.6 is 0 Å². The molecule has 0 saturated carbocycles. The molecule has 23 heavy (non-hydrogen) atoms. The Labute approximate surface area is 129 Å². The maximum Gasteiger partial charge on any atom is 0.167 e. The van der Waals surface area contributed by atoms with Crippen LogP contribution in [0.2, 0.25) is 0 Å². The van der Waals surface area contributed by atoms with Gasteiger partial charge in [0.05, 0.1) is 6.33 Å². The zero-order chi connectivity index (χ0) is 16.4. The Morgan fingerprint density at radius 3 is 2.87 bits per heavy atom. The molecule has 1 aliphatic heterocycles. The summed E-state index contributed by atoms with van der Waals surface area (Å²) in [6, 6.07) is 0. The highest BCUT2D eigenvalue weighted by atomic mass is 19.1. The first-order valence-electron chi connectivity index (χ1n) is 6.88. The Kier molecular flexibility index (Phi) is 4.63. The zero-order valence-electron chi connectivity index (χ0n) is 11.9. The van der Waals surface area contributed by atoms with Crippen molar-refractivity contribution in [1.82, 2.24) is 19.5 Å². The summed E-state index contributed by atoms with van der Waals surface area (Å²) in [5.74, 6) is 0.196. The van der Waals surface area contributed by atoms with Crippen molar-refractivity contribution in [2.24, 2.45) is 0 Å². The van der Waals surface area contributed by atoms with Gasteiger partial charge in [0.2, 0.25) is 0 Å². The second-order valence-corrected chi connectivity index (χ2v) is 4.92. The van der Waals surface area contributed by atoms with Crippen molar-refractivity contribution in [2.75, 3.05) is 25.6 Å². The van der Waals surface area contributed by atoms with Crippen LogP contribution in [0.25, 0.3) is 11.2 Å². The minimum absolute atomic E-state index is 0.168. The lowest BCUT2D eigenvalue weighted by atomic mass is 10.1.